The maximum Gasteiger partial charge on any atom is 0.354 e. The first-order valence-electron chi connectivity index (χ1n) is 4.36. The lowest BCUT2D eigenvalue weighted by Crippen LogP contribution is -2.27. The zero-order valence-corrected chi connectivity index (χ0v) is 10.3. The Labute approximate surface area is 101 Å². The molecule has 0 saturated heterocycles. The van der Waals surface area contributed by atoms with Gasteiger partial charge in [-0.15, -0.1) is 0 Å². The van der Waals surface area contributed by atoms with Crippen molar-refractivity contribution in [3.63, 3.8) is 0 Å². The van der Waals surface area contributed by atoms with Crippen LogP contribution in [0.3, 0.4) is 0 Å². The molecule has 0 spiro atoms. The van der Waals surface area contributed by atoms with Crippen LogP contribution in [0.15, 0.2) is 18.3 Å². The van der Waals surface area contributed by atoms with Gasteiger partial charge in [-0.05, 0) is 24.6 Å². The molecule has 1 rings (SSSR count). The van der Waals surface area contributed by atoms with Crippen molar-refractivity contribution in [2.75, 3.05) is 7.11 Å². The van der Waals surface area contributed by atoms with Gasteiger partial charge in [-0.25, -0.2) is 9.78 Å². The fraction of sp³-hybridized carbons (Fsp3) is 0.300. The Balaban J connectivity index is 3.18. The molecule has 16 heavy (non-hydrogen) atoms. The van der Waals surface area contributed by atoms with Gasteiger partial charge in [-0.2, -0.15) is 0 Å². The minimum atomic E-state index is -1.14. The van der Waals surface area contributed by atoms with Crippen molar-refractivity contribution in [2.24, 2.45) is 0 Å². The molecule has 0 fully saturated rings. The molecule has 0 amide bonds. The molecule has 1 aromatic rings. The Kier molecular flexibility index (Phi) is 3.64. The van der Waals surface area contributed by atoms with E-state index in [2.05, 4.69) is 25.7 Å². The SMILES string of the molecule is COC(=O)C(C)(Br)c1ccnc(C(=O)O)c1. The highest BCUT2D eigenvalue weighted by molar-refractivity contribution is 9.10. The molecule has 0 saturated carbocycles. The van der Waals surface area contributed by atoms with Crippen LogP contribution in [-0.2, 0) is 13.9 Å². The molecule has 0 aliphatic rings. The Hall–Kier alpha value is -1.43. The number of ether oxygens (including phenoxy) is 1. The molecule has 5 nitrogen and oxygen atoms in total. The molecule has 0 aliphatic carbocycles. The van der Waals surface area contributed by atoms with Crippen LogP contribution in [0.1, 0.15) is 23.0 Å². The Morgan fingerprint density at radius 3 is 2.69 bits per heavy atom. The summed E-state index contributed by atoms with van der Waals surface area (Å²) in [6.45, 7) is 1.58. The van der Waals surface area contributed by atoms with E-state index in [-0.39, 0.29) is 5.69 Å². The fourth-order valence-electron chi connectivity index (χ4n) is 1.15. The van der Waals surface area contributed by atoms with E-state index in [9.17, 15) is 9.59 Å². The van der Waals surface area contributed by atoms with Crippen LogP contribution in [0.4, 0.5) is 0 Å². The van der Waals surface area contributed by atoms with Gasteiger partial charge in [-0.1, -0.05) is 15.9 Å². The van der Waals surface area contributed by atoms with Gasteiger partial charge >= 0.3 is 11.9 Å². The van der Waals surface area contributed by atoms with Crippen molar-refractivity contribution >= 4 is 27.9 Å². The molecule has 6 heteroatoms. The lowest BCUT2D eigenvalue weighted by molar-refractivity contribution is -0.143. The largest absolute Gasteiger partial charge is 0.477 e. The second-order valence-corrected chi connectivity index (χ2v) is 4.82. The quantitative estimate of drug-likeness (QED) is 0.674. The second-order valence-electron chi connectivity index (χ2n) is 3.23. The van der Waals surface area contributed by atoms with Crippen LogP contribution in [0, 0.1) is 0 Å². The standard InChI is InChI=1S/C10H10BrNO4/c1-10(11,9(15)16-2)6-3-4-12-7(5-6)8(13)14/h3-5H,1-2H3,(H,13,14). The Bertz CT molecular complexity index is 431. The van der Waals surface area contributed by atoms with Crippen molar-refractivity contribution in [1.82, 2.24) is 4.98 Å². The van der Waals surface area contributed by atoms with Crippen molar-refractivity contribution < 1.29 is 19.4 Å². The maximum absolute atomic E-state index is 11.5. The first-order valence-corrected chi connectivity index (χ1v) is 5.16. The lowest BCUT2D eigenvalue weighted by atomic mass is 10.0. The topological polar surface area (TPSA) is 76.5 Å². The number of aromatic nitrogens is 1. The highest BCUT2D eigenvalue weighted by Gasteiger charge is 2.33. The summed E-state index contributed by atoms with van der Waals surface area (Å²) in [5.41, 5.74) is 0.360. The first-order chi connectivity index (χ1) is 7.39. The minimum absolute atomic E-state index is 0.118. The monoisotopic (exact) mass is 287 g/mol. The number of carboxylic acids is 1. The summed E-state index contributed by atoms with van der Waals surface area (Å²) in [5, 5.41) is 8.78. The van der Waals surface area contributed by atoms with Gasteiger partial charge in [-0.3, -0.25) is 4.79 Å². The number of hydrogen-bond acceptors (Lipinski definition) is 4. The average Bonchev–Trinajstić information content (AvgIpc) is 2.28. The van der Waals surface area contributed by atoms with Crippen LogP contribution >= 0.6 is 15.9 Å². The van der Waals surface area contributed by atoms with Gasteiger partial charge in [0.05, 0.1) is 7.11 Å². The Morgan fingerprint density at radius 1 is 1.56 bits per heavy atom. The van der Waals surface area contributed by atoms with Gasteiger partial charge in [0.15, 0.2) is 0 Å². The molecule has 0 aromatic carbocycles. The number of pyridine rings is 1. The summed E-state index contributed by atoms with van der Waals surface area (Å²) in [4.78, 5) is 25.9. The van der Waals surface area contributed by atoms with Gasteiger partial charge in [0.25, 0.3) is 0 Å². The normalized spacial score (nSPS) is 13.9. The molecular formula is C10H10BrNO4. The maximum atomic E-state index is 11.5. The number of aromatic carboxylic acids is 1. The van der Waals surface area contributed by atoms with Crippen LogP contribution in [0.2, 0.25) is 0 Å². The van der Waals surface area contributed by atoms with Gasteiger partial charge in [0, 0.05) is 6.20 Å². The first kappa shape index (κ1) is 12.6. The van der Waals surface area contributed by atoms with E-state index in [4.69, 9.17) is 5.11 Å². The van der Waals surface area contributed by atoms with E-state index in [0.29, 0.717) is 5.56 Å². The molecule has 1 N–H and O–H groups in total. The fourth-order valence-corrected chi connectivity index (χ4v) is 1.56. The molecule has 1 heterocycles. The average molecular weight is 288 g/mol. The number of halogens is 1. The zero-order chi connectivity index (χ0) is 12.3. The number of carbonyl (C=O) groups excluding carboxylic acids is 1. The third-order valence-corrected chi connectivity index (χ3v) is 2.87. The van der Waals surface area contributed by atoms with Crippen molar-refractivity contribution in [2.45, 2.75) is 11.2 Å². The second kappa shape index (κ2) is 4.61. The van der Waals surface area contributed by atoms with Gasteiger partial charge in [0.2, 0.25) is 0 Å². The van der Waals surface area contributed by atoms with Gasteiger partial charge < -0.3 is 9.84 Å². The molecular weight excluding hydrogens is 278 g/mol. The molecule has 0 bridgehead atoms. The minimum Gasteiger partial charge on any atom is -0.477 e. The van der Waals surface area contributed by atoms with Crippen molar-refractivity contribution in [1.29, 1.82) is 0 Å². The van der Waals surface area contributed by atoms with Crippen LogP contribution in [0.25, 0.3) is 0 Å². The number of esters is 1. The number of nitrogens with zero attached hydrogens (tertiary/aromatic N) is 1. The number of rotatable bonds is 3. The third-order valence-electron chi connectivity index (χ3n) is 2.09. The third kappa shape index (κ3) is 2.38. The van der Waals surface area contributed by atoms with Gasteiger partial charge in [0.1, 0.15) is 10.0 Å². The molecule has 1 unspecified atom stereocenters. The molecule has 0 radical (unpaired) electrons. The van der Waals surface area contributed by atoms with Crippen LogP contribution < -0.4 is 0 Å². The predicted molar refractivity (Wildman–Crippen MR) is 59.5 cm³/mol. The van der Waals surface area contributed by atoms with E-state index in [1.54, 1.807) is 13.0 Å². The summed E-state index contributed by atoms with van der Waals surface area (Å²) >= 11 is 3.20. The molecule has 0 aliphatic heterocycles. The van der Waals surface area contributed by atoms with Crippen LogP contribution in [-0.4, -0.2) is 29.1 Å². The summed E-state index contributed by atoms with van der Waals surface area (Å²) in [6, 6.07) is 2.88. The Morgan fingerprint density at radius 2 is 2.19 bits per heavy atom. The number of alkyl halides is 1. The number of hydrogen-bond donors (Lipinski definition) is 1. The molecule has 1 atom stereocenters. The van der Waals surface area contributed by atoms with E-state index >= 15 is 0 Å². The highest BCUT2D eigenvalue weighted by Crippen LogP contribution is 2.32. The summed E-state index contributed by atoms with van der Waals surface area (Å²) in [7, 11) is 1.27. The zero-order valence-electron chi connectivity index (χ0n) is 8.73. The molecule has 86 valence electrons. The molecule has 1 aromatic heterocycles. The van der Waals surface area contributed by atoms with E-state index in [1.165, 1.54) is 19.4 Å². The smallest absolute Gasteiger partial charge is 0.354 e. The van der Waals surface area contributed by atoms with E-state index < -0.39 is 16.3 Å². The number of methoxy groups -OCH3 is 1. The van der Waals surface area contributed by atoms with Crippen LogP contribution in [0.5, 0.6) is 0 Å². The number of carboxylic acid groups (broad SMARTS) is 1. The van der Waals surface area contributed by atoms with E-state index in [1.807, 2.05) is 0 Å². The van der Waals surface area contributed by atoms with Crippen molar-refractivity contribution in [3.8, 4) is 0 Å². The summed E-state index contributed by atoms with van der Waals surface area (Å²) in [5.74, 6) is -1.65. The summed E-state index contributed by atoms with van der Waals surface area (Å²) in [6.07, 6.45) is 1.33. The summed E-state index contributed by atoms with van der Waals surface area (Å²) < 4.78 is 3.54. The van der Waals surface area contributed by atoms with E-state index in [0.717, 1.165) is 0 Å². The predicted octanol–water partition coefficient (Wildman–Crippen LogP) is 1.56. The number of carbonyl (C=O) groups is 2. The lowest BCUT2D eigenvalue weighted by Gasteiger charge is -2.19. The van der Waals surface area contributed by atoms with Crippen molar-refractivity contribution in [3.05, 3.63) is 29.6 Å². The highest BCUT2D eigenvalue weighted by atomic mass is 79.9.